The van der Waals surface area contributed by atoms with Crippen LogP contribution in [0.4, 0.5) is 4.79 Å². The second kappa shape index (κ2) is 7.96. The van der Waals surface area contributed by atoms with Crippen LogP contribution < -0.4 is 10.6 Å². The van der Waals surface area contributed by atoms with E-state index in [-0.39, 0.29) is 19.0 Å². The van der Waals surface area contributed by atoms with E-state index in [0.29, 0.717) is 12.6 Å². The molecule has 1 aliphatic rings. The van der Waals surface area contributed by atoms with Crippen LogP contribution in [0.2, 0.25) is 0 Å². The highest BCUT2D eigenvalue weighted by Crippen LogP contribution is 2.13. The van der Waals surface area contributed by atoms with Gasteiger partial charge in [-0.3, -0.25) is 0 Å². The number of nitrogens with one attached hydrogen (secondary N) is 2. The molecule has 1 fully saturated rings. The molecule has 19 heavy (non-hydrogen) atoms. The van der Waals surface area contributed by atoms with Crippen molar-refractivity contribution in [2.75, 3.05) is 26.7 Å². The van der Waals surface area contributed by atoms with E-state index < -0.39 is 12.1 Å². The lowest BCUT2D eigenvalue weighted by Gasteiger charge is -2.32. The van der Waals surface area contributed by atoms with Crippen molar-refractivity contribution in [1.82, 2.24) is 15.5 Å². The van der Waals surface area contributed by atoms with E-state index in [2.05, 4.69) is 15.5 Å². The molecule has 1 rings (SSSR count). The number of amides is 2. The molecule has 0 bridgehead atoms. The number of carboxylic acids is 1. The largest absolute Gasteiger partial charge is 0.479 e. The molecule has 1 unspecified atom stereocenters. The van der Waals surface area contributed by atoms with Crippen molar-refractivity contribution in [2.24, 2.45) is 0 Å². The van der Waals surface area contributed by atoms with Crippen LogP contribution in [0.1, 0.15) is 25.7 Å². The fraction of sp³-hybridized carbons (Fsp3) is 0.833. The molecule has 0 radical (unpaired) electrons. The highest BCUT2D eigenvalue weighted by molar-refractivity contribution is 5.74. The Morgan fingerprint density at radius 3 is 2.74 bits per heavy atom. The summed E-state index contributed by atoms with van der Waals surface area (Å²) in [7, 11) is 2.05. The molecule has 0 aromatic carbocycles. The van der Waals surface area contributed by atoms with E-state index in [0.717, 1.165) is 13.0 Å². The normalized spacial score (nSPS) is 21.7. The van der Waals surface area contributed by atoms with E-state index >= 15 is 0 Å². The zero-order valence-corrected chi connectivity index (χ0v) is 11.3. The summed E-state index contributed by atoms with van der Waals surface area (Å²) in [6.07, 6.45) is 2.04. The molecule has 0 aromatic heterocycles. The Balaban J connectivity index is 2.12. The van der Waals surface area contributed by atoms with Crippen LogP contribution in [0.5, 0.6) is 0 Å². The van der Waals surface area contributed by atoms with Gasteiger partial charge in [-0.15, -0.1) is 0 Å². The predicted octanol–water partition coefficient (Wildman–Crippen LogP) is -0.394. The van der Waals surface area contributed by atoms with Gasteiger partial charge in [-0.1, -0.05) is 6.42 Å². The Morgan fingerprint density at radius 1 is 1.37 bits per heavy atom. The van der Waals surface area contributed by atoms with Crippen LogP contribution in [0.3, 0.4) is 0 Å². The summed E-state index contributed by atoms with van der Waals surface area (Å²) in [4.78, 5) is 24.1. The molecular formula is C12H23N3O4. The van der Waals surface area contributed by atoms with E-state index in [4.69, 9.17) is 10.2 Å². The summed E-state index contributed by atoms with van der Waals surface area (Å²) < 4.78 is 0. The summed E-state index contributed by atoms with van der Waals surface area (Å²) in [5.74, 6) is -1.27. The topological polar surface area (TPSA) is 102 Å². The molecule has 7 heteroatoms. The average Bonchev–Trinajstić information content (AvgIpc) is 2.37. The number of hydrogen-bond acceptors (Lipinski definition) is 4. The van der Waals surface area contributed by atoms with E-state index in [1.807, 2.05) is 7.05 Å². The third-order valence-corrected chi connectivity index (χ3v) is 3.41. The minimum atomic E-state index is -1.43. The van der Waals surface area contributed by atoms with Crippen LogP contribution in [0.25, 0.3) is 0 Å². The number of likely N-dealkylation sites (tertiary alicyclic amines) is 1. The second-order valence-electron chi connectivity index (χ2n) is 4.91. The number of piperidine rings is 1. The van der Waals surface area contributed by atoms with Crippen molar-refractivity contribution < 1.29 is 19.8 Å². The first kappa shape index (κ1) is 15.7. The molecule has 2 atom stereocenters. The molecule has 110 valence electrons. The standard InChI is InChI=1S/C12H23N3O4/c1-15-7-3-2-4-9(15)8-14-12(19)13-6-5-10(16)11(17)18/h9-10,16H,2-8H2,1H3,(H,17,18)(H2,13,14,19)/t9?,10-/m0/s1. The number of rotatable bonds is 6. The van der Waals surface area contributed by atoms with Gasteiger partial charge in [0, 0.05) is 25.6 Å². The van der Waals surface area contributed by atoms with E-state index in [9.17, 15) is 9.59 Å². The lowest BCUT2D eigenvalue weighted by molar-refractivity contribution is -0.146. The van der Waals surface area contributed by atoms with Crippen molar-refractivity contribution in [1.29, 1.82) is 0 Å². The minimum absolute atomic E-state index is 0.00604. The number of aliphatic hydroxyl groups excluding tert-OH is 1. The number of carbonyl (C=O) groups is 2. The number of aliphatic carboxylic acids is 1. The molecule has 7 nitrogen and oxygen atoms in total. The highest BCUT2D eigenvalue weighted by atomic mass is 16.4. The molecule has 0 spiro atoms. The van der Waals surface area contributed by atoms with Gasteiger partial charge >= 0.3 is 12.0 Å². The molecule has 0 saturated carbocycles. The van der Waals surface area contributed by atoms with Crippen molar-refractivity contribution in [3.8, 4) is 0 Å². The quantitative estimate of drug-likeness (QED) is 0.528. The maximum atomic E-state index is 11.5. The fourth-order valence-corrected chi connectivity index (χ4v) is 2.12. The van der Waals surface area contributed by atoms with E-state index in [1.165, 1.54) is 12.8 Å². The highest BCUT2D eigenvalue weighted by Gasteiger charge is 2.19. The van der Waals surface area contributed by atoms with Gasteiger partial charge in [-0.25, -0.2) is 9.59 Å². The first-order valence-electron chi connectivity index (χ1n) is 6.63. The SMILES string of the molecule is CN1CCCCC1CNC(=O)NCC[C@H](O)C(=O)O. The number of hydrogen-bond donors (Lipinski definition) is 4. The van der Waals surface area contributed by atoms with Gasteiger partial charge in [0.1, 0.15) is 0 Å². The van der Waals surface area contributed by atoms with Crippen LogP contribution >= 0.6 is 0 Å². The molecule has 4 N–H and O–H groups in total. The third kappa shape index (κ3) is 5.89. The first-order valence-corrected chi connectivity index (χ1v) is 6.63. The Morgan fingerprint density at radius 2 is 2.11 bits per heavy atom. The summed E-state index contributed by atoms with van der Waals surface area (Å²) in [6, 6.07) is 0.0423. The Kier molecular flexibility index (Phi) is 6.58. The number of carbonyl (C=O) groups excluding carboxylic acids is 1. The molecular weight excluding hydrogens is 250 g/mol. The fourth-order valence-electron chi connectivity index (χ4n) is 2.12. The first-order chi connectivity index (χ1) is 9.00. The lowest BCUT2D eigenvalue weighted by atomic mass is 10.0. The maximum Gasteiger partial charge on any atom is 0.332 e. The zero-order chi connectivity index (χ0) is 14.3. The van der Waals surface area contributed by atoms with Gasteiger partial charge in [0.25, 0.3) is 0 Å². The van der Waals surface area contributed by atoms with Gasteiger partial charge in [0.05, 0.1) is 0 Å². The summed E-state index contributed by atoms with van der Waals surface area (Å²) in [5, 5.41) is 22.8. The smallest absolute Gasteiger partial charge is 0.332 e. The summed E-state index contributed by atoms with van der Waals surface area (Å²) >= 11 is 0. The monoisotopic (exact) mass is 273 g/mol. The van der Waals surface area contributed by atoms with Crippen LogP contribution in [-0.2, 0) is 4.79 Å². The average molecular weight is 273 g/mol. The summed E-state index contributed by atoms with van der Waals surface area (Å²) in [6.45, 7) is 1.78. The van der Waals surface area contributed by atoms with Crippen molar-refractivity contribution in [3.63, 3.8) is 0 Å². The number of nitrogens with zero attached hydrogens (tertiary/aromatic N) is 1. The van der Waals surface area contributed by atoms with Gasteiger partial charge in [0.2, 0.25) is 0 Å². The summed E-state index contributed by atoms with van der Waals surface area (Å²) in [5.41, 5.74) is 0. The van der Waals surface area contributed by atoms with Crippen LogP contribution in [0.15, 0.2) is 0 Å². The molecule has 2 amide bonds. The van der Waals surface area contributed by atoms with Gasteiger partial charge in [-0.05, 0) is 26.4 Å². The molecule has 1 heterocycles. The van der Waals surface area contributed by atoms with Gasteiger partial charge in [-0.2, -0.15) is 0 Å². The maximum absolute atomic E-state index is 11.5. The second-order valence-corrected chi connectivity index (χ2v) is 4.91. The Hall–Kier alpha value is -1.34. The molecule has 0 aliphatic carbocycles. The van der Waals surface area contributed by atoms with Crippen LogP contribution in [0, 0.1) is 0 Å². The number of aliphatic hydroxyl groups is 1. The third-order valence-electron chi connectivity index (χ3n) is 3.41. The van der Waals surface area contributed by atoms with Crippen molar-refractivity contribution in [2.45, 2.75) is 37.8 Å². The molecule has 0 aromatic rings. The number of carboxylic acid groups (broad SMARTS) is 1. The zero-order valence-electron chi connectivity index (χ0n) is 11.3. The molecule has 1 saturated heterocycles. The Bertz CT molecular complexity index is 311. The van der Waals surface area contributed by atoms with Gasteiger partial charge < -0.3 is 25.7 Å². The minimum Gasteiger partial charge on any atom is -0.479 e. The van der Waals surface area contributed by atoms with Gasteiger partial charge in [0.15, 0.2) is 6.10 Å². The lowest BCUT2D eigenvalue weighted by Crippen LogP contribution is -2.47. The van der Waals surface area contributed by atoms with E-state index in [1.54, 1.807) is 0 Å². The number of likely N-dealkylation sites (N-methyl/N-ethyl adjacent to an activating group) is 1. The number of urea groups is 1. The predicted molar refractivity (Wildman–Crippen MR) is 69.9 cm³/mol. The van der Waals surface area contributed by atoms with Crippen LogP contribution in [-0.4, -0.2) is 65.9 Å². The van der Waals surface area contributed by atoms with Crippen molar-refractivity contribution >= 4 is 12.0 Å². The molecule has 1 aliphatic heterocycles. The van der Waals surface area contributed by atoms with Crippen molar-refractivity contribution in [3.05, 3.63) is 0 Å². The Labute approximate surface area is 113 Å².